The molecule has 5 nitrogen and oxygen atoms in total. The Bertz CT molecular complexity index is 480. The summed E-state index contributed by atoms with van der Waals surface area (Å²) in [6.07, 6.45) is 1.18. The molecule has 1 aromatic rings. The SMILES string of the molecule is CC[C@@H]1CN(CC(=O)Nc2sccc2C#N)CCO1. The molecule has 1 atom stereocenters. The highest BCUT2D eigenvalue weighted by atomic mass is 32.1. The van der Waals surface area contributed by atoms with E-state index >= 15 is 0 Å². The van der Waals surface area contributed by atoms with E-state index in [1.165, 1.54) is 11.3 Å². The highest BCUT2D eigenvalue weighted by molar-refractivity contribution is 7.14. The number of nitrogens with zero attached hydrogens (tertiary/aromatic N) is 2. The molecule has 0 aromatic carbocycles. The van der Waals surface area contributed by atoms with Crippen LogP contribution in [0.5, 0.6) is 0 Å². The summed E-state index contributed by atoms with van der Waals surface area (Å²) in [5.74, 6) is -0.0734. The fourth-order valence-corrected chi connectivity index (χ4v) is 2.79. The third kappa shape index (κ3) is 3.77. The standard InChI is InChI=1S/C13H17N3O2S/c1-2-11-8-16(4-5-18-11)9-12(17)15-13-10(7-14)3-6-19-13/h3,6,11H,2,4-5,8-9H2,1H3,(H,15,17)/t11-/m1/s1. The van der Waals surface area contributed by atoms with Crippen molar-refractivity contribution in [1.29, 1.82) is 5.26 Å². The first-order valence-electron chi connectivity index (χ1n) is 6.34. The highest BCUT2D eigenvalue weighted by Crippen LogP contribution is 2.22. The minimum atomic E-state index is -0.0734. The Kier molecular flexibility index (Phi) is 4.91. The minimum Gasteiger partial charge on any atom is -0.376 e. The average Bonchev–Trinajstić information content (AvgIpc) is 2.86. The fourth-order valence-electron chi connectivity index (χ4n) is 2.03. The second-order valence-corrected chi connectivity index (χ2v) is 5.38. The third-order valence-electron chi connectivity index (χ3n) is 3.08. The van der Waals surface area contributed by atoms with Crippen molar-refractivity contribution in [1.82, 2.24) is 4.90 Å². The normalized spacial score (nSPS) is 19.9. The molecule has 1 N–H and O–H groups in total. The molecule has 1 saturated heterocycles. The van der Waals surface area contributed by atoms with Gasteiger partial charge < -0.3 is 10.1 Å². The van der Waals surface area contributed by atoms with Crippen LogP contribution in [0.2, 0.25) is 0 Å². The van der Waals surface area contributed by atoms with Gasteiger partial charge in [-0.05, 0) is 17.9 Å². The maximum atomic E-state index is 11.9. The van der Waals surface area contributed by atoms with Crippen LogP contribution in [-0.4, -0.2) is 43.2 Å². The van der Waals surface area contributed by atoms with Crippen molar-refractivity contribution >= 4 is 22.2 Å². The van der Waals surface area contributed by atoms with E-state index in [0.29, 0.717) is 23.7 Å². The van der Waals surface area contributed by atoms with Gasteiger partial charge in [-0.2, -0.15) is 5.26 Å². The van der Waals surface area contributed by atoms with Crippen LogP contribution in [0, 0.1) is 11.3 Å². The Morgan fingerprint density at radius 1 is 1.74 bits per heavy atom. The van der Waals surface area contributed by atoms with Gasteiger partial charge in [0, 0.05) is 13.1 Å². The predicted molar refractivity (Wildman–Crippen MR) is 74.1 cm³/mol. The van der Waals surface area contributed by atoms with E-state index < -0.39 is 0 Å². The molecule has 1 aliphatic heterocycles. The summed E-state index contributed by atoms with van der Waals surface area (Å²) >= 11 is 1.37. The van der Waals surface area contributed by atoms with Gasteiger partial charge in [0.05, 0.1) is 24.8 Å². The number of nitriles is 1. The van der Waals surface area contributed by atoms with E-state index in [-0.39, 0.29) is 12.0 Å². The second kappa shape index (κ2) is 6.66. The molecule has 2 rings (SSSR count). The maximum Gasteiger partial charge on any atom is 0.239 e. The van der Waals surface area contributed by atoms with Gasteiger partial charge in [-0.3, -0.25) is 9.69 Å². The fraction of sp³-hybridized carbons (Fsp3) is 0.538. The number of thiophene rings is 1. The maximum absolute atomic E-state index is 11.9. The van der Waals surface area contributed by atoms with Gasteiger partial charge in [-0.15, -0.1) is 11.3 Å². The summed E-state index contributed by atoms with van der Waals surface area (Å²) in [5, 5.41) is 14.1. The van der Waals surface area contributed by atoms with Gasteiger partial charge >= 0.3 is 0 Å². The van der Waals surface area contributed by atoms with E-state index in [1.807, 2.05) is 0 Å². The number of carbonyl (C=O) groups is 1. The zero-order chi connectivity index (χ0) is 13.7. The van der Waals surface area contributed by atoms with Gasteiger partial charge in [0.25, 0.3) is 0 Å². The average molecular weight is 279 g/mol. The second-order valence-electron chi connectivity index (χ2n) is 4.46. The third-order valence-corrected chi connectivity index (χ3v) is 3.91. The molecular weight excluding hydrogens is 262 g/mol. The number of amides is 1. The zero-order valence-corrected chi connectivity index (χ0v) is 11.7. The molecule has 0 aliphatic carbocycles. The van der Waals surface area contributed by atoms with E-state index in [0.717, 1.165) is 19.5 Å². The van der Waals surface area contributed by atoms with Crippen molar-refractivity contribution in [3.05, 3.63) is 17.0 Å². The van der Waals surface area contributed by atoms with Crippen LogP contribution in [-0.2, 0) is 9.53 Å². The van der Waals surface area contributed by atoms with Crippen molar-refractivity contribution < 1.29 is 9.53 Å². The number of hydrogen-bond donors (Lipinski definition) is 1. The minimum absolute atomic E-state index is 0.0734. The monoisotopic (exact) mass is 279 g/mol. The van der Waals surface area contributed by atoms with Gasteiger partial charge in [-0.1, -0.05) is 6.92 Å². The number of ether oxygens (including phenoxy) is 1. The lowest BCUT2D eigenvalue weighted by Gasteiger charge is -2.31. The van der Waals surface area contributed by atoms with E-state index in [4.69, 9.17) is 10.00 Å². The molecule has 0 saturated carbocycles. The first-order valence-corrected chi connectivity index (χ1v) is 7.22. The molecule has 102 valence electrons. The number of nitrogens with one attached hydrogen (secondary N) is 1. The van der Waals surface area contributed by atoms with Gasteiger partial charge in [0.15, 0.2) is 0 Å². The molecule has 1 aromatic heterocycles. The smallest absolute Gasteiger partial charge is 0.239 e. The van der Waals surface area contributed by atoms with Crippen LogP contribution in [0.1, 0.15) is 18.9 Å². The molecular formula is C13H17N3O2S. The lowest BCUT2D eigenvalue weighted by Crippen LogP contribution is -2.45. The van der Waals surface area contributed by atoms with Crippen LogP contribution in [0.25, 0.3) is 0 Å². The van der Waals surface area contributed by atoms with Gasteiger partial charge in [0.1, 0.15) is 11.1 Å². The Balaban J connectivity index is 1.86. The topological polar surface area (TPSA) is 65.4 Å². The molecule has 0 radical (unpaired) electrons. The first-order chi connectivity index (χ1) is 9.22. The summed E-state index contributed by atoms with van der Waals surface area (Å²) in [4.78, 5) is 14.0. The van der Waals surface area contributed by atoms with Crippen molar-refractivity contribution in [3.63, 3.8) is 0 Å². The predicted octanol–water partition coefficient (Wildman–Crippen LogP) is 1.67. The first kappa shape index (κ1) is 14.0. The van der Waals surface area contributed by atoms with Crippen molar-refractivity contribution in [2.45, 2.75) is 19.4 Å². The molecule has 6 heteroatoms. The van der Waals surface area contributed by atoms with Crippen molar-refractivity contribution in [2.24, 2.45) is 0 Å². The quantitative estimate of drug-likeness (QED) is 0.910. The molecule has 1 amide bonds. The summed E-state index contributed by atoms with van der Waals surface area (Å²) in [6.45, 7) is 4.68. The zero-order valence-electron chi connectivity index (χ0n) is 10.9. The highest BCUT2D eigenvalue weighted by Gasteiger charge is 2.21. The molecule has 1 aliphatic rings. The molecule has 0 bridgehead atoms. The lowest BCUT2D eigenvalue weighted by atomic mass is 10.2. The number of carbonyl (C=O) groups excluding carboxylic acids is 1. The summed E-state index contributed by atoms with van der Waals surface area (Å²) in [6, 6.07) is 3.77. The molecule has 2 heterocycles. The largest absolute Gasteiger partial charge is 0.376 e. The Morgan fingerprint density at radius 2 is 2.58 bits per heavy atom. The van der Waals surface area contributed by atoms with E-state index in [1.54, 1.807) is 11.4 Å². The number of hydrogen-bond acceptors (Lipinski definition) is 5. The number of morpholine rings is 1. The van der Waals surface area contributed by atoms with Crippen LogP contribution >= 0.6 is 11.3 Å². The number of anilines is 1. The van der Waals surface area contributed by atoms with Gasteiger partial charge in [-0.25, -0.2) is 0 Å². The van der Waals surface area contributed by atoms with E-state index in [9.17, 15) is 4.79 Å². The Morgan fingerprint density at radius 3 is 3.32 bits per heavy atom. The van der Waals surface area contributed by atoms with Crippen LogP contribution in [0.15, 0.2) is 11.4 Å². The molecule has 0 spiro atoms. The lowest BCUT2D eigenvalue weighted by molar-refractivity contribution is -0.119. The molecule has 1 fully saturated rings. The summed E-state index contributed by atoms with van der Waals surface area (Å²) in [5.41, 5.74) is 0.520. The van der Waals surface area contributed by atoms with Crippen LogP contribution in [0.4, 0.5) is 5.00 Å². The molecule has 0 unspecified atom stereocenters. The van der Waals surface area contributed by atoms with Crippen LogP contribution in [0.3, 0.4) is 0 Å². The number of rotatable bonds is 4. The summed E-state index contributed by atoms with van der Waals surface area (Å²) < 4.78 is 5.57. The molecule has 19 heavy (non-hydrogen) atoms. The van der Waals surface area contributed by atoms with Crippen molar-refractivity contribution in [2.75, 3.05) is 31.6 Å². The van der Waals surface area contributed by atoms with Crippen LogP contribution < -0.4 is 5.32 Å². The Hall–Kier alpha value is -1.42. The summed E-state index contributed by atoms with van der Waals surface area (Å²) in [7, 11) is 0. The van der Waals surface area contributed by atoms with Crippen molar-refractivity contribution in [3.8, 4) is 6.07 Å². The Labute approximate surface area is 116 Å². The van der Waals surface area contributed by atoms with E-state index in [2.05, 4.69) is 23.2 Å². The van der Waals surface area contributed by atoms with Gasteiger partial charge in [0.2, 0.25) is 5.91 Å².